The zero-order valence-corrected chi connectivity index (χ0v) is 13.5. The first kappa shape index (κ1) is 14.5. The lowest BCUT2D eigenvalue weighted by molar-refractivity contribution is 0.426. The number of benzene rings is 5. The molecule has 2 nitrogen and oxygen atoms in total. The zero-order chi connectivity index (χ0) is 17.0. The highest BCUT2D eigenvalue weighted by Gasteiger charge is 2.20. The lowest BCUT2D eigenvalue weighted by Crippen LogP contribution is -2.31. The molecule has 0 radical (unpaired) electrons. The van der Waals surface area contributed by atoms with E-state index in [4.69, 9.17) is 0 Å². The maximum Gasteiger partial charge on any atom is 0.489 e. The van der Waals surface area contributed by atoms with Gasteiger partial charge in [-0.25, -0.2) is 0 Å². The van der Waals surface area contributed by atoms with Gasteiger partial charge in [-0.3, -0.25) is 0 Å². The molecule has 25 heavy (non-hydrogen) atoms. The Kier molecular flexibility index (Phi) is 3.08. The van der Waals surface area contributed by atoms with Crippen molar-refractivity contribution in [2.75, 3.05) is 0 Å². The van der Waals surface area contributed by atoms with E-state index in [0.29, 0.717) is 5.46 Å². The van der Waals surface area contributed by atoms with Gasteiger partial charge in [0, 0.05) is 0 Å². The molecule has 118 valence electrons. The maximum atomic E-state index is 10.1. The predicted octanol–water partition coefficient (Wildman–Crippen LogP) is 3.98. The summed E-state index contributed by atoms with van der Waals surface area (Å²) in [4.78, 5) is 0. The summed E-state index contributed by atoms with van der Waals surface area (Å²) in [6.45, 7) is 0. The van der Waals surface area contributed by atoms with Crippen LogP contribution in [0.25, 0.3) is 43.1 Å². The average Bonchev–Trinajstić information content (AvgIpc) is 2.65. The predicted molar refractivity (Wildman–Crippen MR) is 106 cm³/mol. The van der Waals surface area contributed by atoms with E-state index >= 15 is 0 Å². The topological polar surface area (TPSA) is 40.5 Å². The maximum absolute atomic E-state index is 10.1. The molecule has 0 heterocycles. The van der Waals surface area contributed by atoms with E-state index in [0.717, 1.165) is 43.1 Å². The first-order valence-electron chi connectivity index (χ1n) is 8.36. The normalized spacial score (nSPS) is 11.6. The van der Waals surface area contributed by atoms with Gasteiger partial charge in [0.05, 0.1) is 0 Å². The Balaban J connectivity index is 2.10. The van der Waals surface area contributed by atoms with Crippen LogP contribution in [0.5, 0.6) is 0 Å². The molecule has 0 unspecified atom stereocenters. The molecule has 0 spiro atoms. The highest BCUT2D eigenvalue weighted by molar-refractivity contribution is 6.66. The molecule has 0 aliphatic rings. The second-order valence-corrected chi connectivity index (χ2v) is 6.43. The SMILES string of the molecule is OB(O)c1c2ccc3ccccc3c2cc2c1ccc1ccccc12. The number of hydrogen-bond donors (Lipinski definition) is 2. The van der Waals surface area contributed by atoms with Crippen molar-refractivity contribution < 1.29 is 10.0 Å². The summed E-state index contributed by atoms with van der Waals surface area (Å²) in [5.74, 6) is 0. The molecular weight excluding hydrogens is 307 g/mol. The van der Waals surface area contributed by atoms with Crippen molar-refractivity contribution in [2.24, 2.45) is 0 Å². The molecule has 5 aromatic rings. The van der Waals surface area contributed by atoms with Gasteiger partial charge in [-0.1, -0.05) is 72.8 Å². The van der Waals surface area contributed by atoms with Crippen LogP contribution in [-0.4, -0.2) is 17.2 Å². The summed E-state index contributed by atoms with van der Waals surface area (Å²) in [5.41, 5.74) is 0.573. The van der Waals surface area contributed by atoms with Crippen molar-refractivity contribution in [2.45, 2.75) is 0 Å². The Labute approximate surface area is 145 Å². The molecule has 0 atom stereocenters. The fraction of sp³-hybridized carbons (Fsp3) is 0. The minimum absolute atomic E-state index is 0.573. The molecule has 0 aromatic heterocycles. The summed E-state index contributed by atoms with van der Waals surface area (Å²) in [7, 11) is -1.52. The molecule has 0 amide bonds. The summed E-state index contributed by atoms with van der Waals surface area (Å²) in [6.07, 6.45) is 0. The van der Waals surface area contributed by atoms with Gasteiger partial charge in [-0.2, -0.15) is 0 Å². The third-order valence-electron chi connectivity index (χ3n) is 5.07. The van der Waals surface area contributed by atoms with Gasteiger partial charge in [0.2, 0.25) is 0 Å². The van der Waals surface area contributed by atoms with Crippen LogP contribution >= 0.6 is 0 Å². The molecule has 0 bridgehead atoms. The molecule has 0 saturated heterocycles. The molecule has 0 aliphatic heterocycles. The van der Waals surface area contributed by atoms with Gasteiger partial charge in [-0.05, 0) is 54.6 Å². The van der Waals surface area contributed by atoms with E-state index in [2.05, 4.69) is 30.3 Å². The van der Waals surface area contributed by atoms with Gasteiger partial charge < -0.3 is 10.0 Å². The van der Waals surface area contributed by atoms with Crippen molar-refractivity contribution in [1.82, 2.24) is 0 Å². The Hall–Kier alpha value is -2.88. The van der Waals surface area contributed by atoms with Crippen LogP contribution < -0.4 is 5.46 Å². The van der Waals surface area contributed by atoms with Crippen LogP contribution in [0.15, 0.2) is 78.9 Å². The van der Waals surface area contributed by atoms with Gasteiger partial charge in [-0.15, -0.1) is 0 Å². The van der Waals surface area contributed by atoms with Crippen LogP contribution in [0, 0.1) is 0 Å². The van der Waals surface area contributed by atoms with Crippen LogP contribution in [0.4, 0.5) is 0 Å². The van der Waals surface area contributed by atoms with Gasteiger partial charge in [0.15, 0.2) is 0 Å². The van der Waals surface area contributed by atoms with Gasteiger partial charge >= 0.3 is 7.12 Å². The largest absolute Gasteiger partial charge is 0.489 e. The summed E-state index contributed by atoms with van der Waals surface area (Å²) < 4.78 is 0. The summed E-state index contributed by atoms with van der Waals surface area (Å²) in [6, 6.07) is 26.6. The fourth-order valence-corrected chi connectivity index (χ4v) is 3.94. The molecule has 0 aliphatic carbocycles. The van der Waals surface area contributed by atoms with Crippen molar-refractivity contribution in [3.8, 4) is 0 Å². The Morgan fingerprint density at radius 2 is 0.960 bits per heavy atom. The number of rotatable bonds is 1. The smallest absolute Gasteiger partial charge is 0.423 e. The van der Waals surface area contributed by atoms with E-state index in [1.165, 1.54) is 0 Å². The lowest BCUT2D eigenvalue weighted by atomic mass is 9.73. The van der Waals surface area contributed by atoms with Crippen LogP contribution in [-0.2, 0) is 0 Å². The second kappa shape index (κ2) is 5.31. The molecule has 5 rings (SSSR count). The summed E-state index contributed by atoms with van der Waals surface area (Å²) >= 11 is 0. The first-order valence-corrected chi connectivity index (χ1v) is 8.36. The lowest BCUT2D eigenvalue weighted by Gasteiger charge is -2.14. The van der Waals surface area contributed by atoms with E-state index in [1.54, 1.807) is 0 Å². The molecule has 0 fully saturated rings. The molecule has 2 N–H and O–H groups in total. The molecular formula is C22H15BO2. The summed E-state index contributed by atoms with van der Waals surface area (Å²) in [5, 5.41) is 28.6. The number of hydrogen-bond acceptors (Lipinski definition) is 2. The first-order chi connectivity index (χ1) is 12.2. The van der Waals surface area contributed by atoms with Crippen LogP contribution in [0.2, 0.25) is 0 Å². The minimum atomic E-state index is -1.52. The third kappa shape index (κ3) is 2.07. The van der Waals surface area contributed by atoms with Gasteiger partial charge in [0.25, 0.3) is 0 Å². The van der Waals surface area contributed by atoms with Crippen molar-refractivity contribution in [1.29, 1.82) is 0 Å². The van der Waals surface area contributed by atoms with E-state index < -0.39 is 7.12 Å². The highest BCUT2D eigenvalue weighted by Crippen LogP contribution is 2.32. The third-order valence-corrected chi connectivity index (χ3v) is 5.07. The fourth-order valence-electron chi connectivity index (χ4n) is 3.94. The van der Waals surface area contributed by atoms with E-state index in [9.17, 15) is 10.0 Å². The Bertz CT molecular complexity index is 1180. The quantitative estimate of drug-likeness (QED) is 0.278. The number of fused-ring (bicyclic) bond motifs is 6. The van der Waals surface area contributed by atoms with Gasteiger partial charge in [0.1, 0.15) is 0 Å². The highest BCUT2D eigenvalue weighted by atomic mass is 16.4. The van der Waals surface area contributed by atoms with Crippen molar-refractivity contribution >= 4 is 55.7 Å². The molecule has 3 heteroatoms. The monoisotopic (exact) mass is 322 g/mol. The zero-order valence-electron chi connectivity index (χ0n) is 13.5. The molecule has 5 aromatic carbocycles. The molecule has 0 saturated carbocycles. The Morgan fingerprint density at radius 3 is 1.44 bits per heavy atom. The standard InChI is InChI=1S/C22H15BO2/c24-23(25)22-18-11-9-14-5-1-3-7-16(14)20(18)13-21-17-8-4-2-6-15(17)10-12-19(21)22/h1-13,24-25H. The minimum Gasteiger partial charge on any atom is -0.423 e. The second-order valence-electron chi connectivity index (χ2n) is 6.43. The van der Waals surface area contributed by atoms with E-state index in [1.807, 2.05) is 48.5 Å². The van der Waals surface area contributed by atoms with Crippen LogP contribution in [0.1, 0.15) is 0 Å². The van der Waals surface area contributed by atoms with Crippen molar-refractivity contribution in [3.05, 3.63) is 78.9 Å². The van der Waals surface area contributed by atoms with Crippen LogP contribution in [0.3, 0.4) is 0 Å². The average molecular weight is 322 g/mol. The van der Waals surface area contributed by atoms with Crippen molar-refractivity contribution in [3.63, 3.8) is 0 Å². The van der Waals surface area contributed by atoms with E-state index in [-0.39, 0.29) is 0 Å². The Morgan fingerprint density at radius 1 is 0.480 bits per heavy atom.